The van der Waals surface area contributed by atoms with E-state index in [0.29, 0.717) is 19.6 Å². The smallest absolute Gasteiger partial charge is 0.410 e. The van der Waals surface area contributed by atoms with Crippen LogP contribution in [0.1, 0.15) is 12.8 Å². The number of carbonyl (C=O) groups is 2. The number of hydrogen-bond donors (Lipinski definition) is 0. The topological polar surface area (TPSA) is 62.2 Å². The molecule has 2 aliphatic rings. The highest BCUT2D eigenvalue weighted by molar-refractivity contribution is 5.87. The third-order valence-corrected chi connectivity index (χ3v) is 2.49. The Morgan fingerprint density at radius 2 is 2.06 bits per heavy atom. The van der Waals surface area contributed by atoms with E-state index in [1.807, 2.05) is 12.2 Å². The Bertz CT molecular complexity index is 352. The summed E-state index contributed by atoms with van der Waals surface area (Å²) in [6.45, 7) is 1.85. The van der Waals surface area contributed by atoms with Gasteiger partial charge in [0.1, 0.15) is 6.61 Å². The number of amides is 2. The zero-order chi connectivity index (χ0) is 13.4. The Labute approximate surface area is 107 Å². The third-order valence-electron chi connectivity index (χ3n) is 2.49. The van der Waals surface area contributed by atoms with Crippen LogP contribution in [0.25, 0.3) is 0 Å². The van der Waals surface area contributed by atoms with Crippen LogP contribution in [0.5, 0.6) is 0 Å². The highest BCUT2D eigenvalue weighted by Crippen LogP contribution is 1.98. The first-order valence-electron chi connectivity index (χ1n) is 5.89. The molecule has 0 aromatic rings. The largest absolute Gasteiger partial charge is 0.445 e. The second kappa shape index (κ2) is 7.47. The molecule has 18 heavy (non-hydrogen) atoms. The highest BCUT2D eigenvalue weighted by Gasteiger charge is 2.08. The number of aliphatic imine (C=N–C) groups is 1. The molecule has 0 fully saturated rings. The predicted octanol–water partition coefficient (Wildman–Crippen LogP) is 0.891. The second-order valence-electron chi connectivity index (χ2n) is 4.06. The lowest BCUT2D eigenvalue weighted by Gasteiger charge is -2.10. The van der Waals surface area contributed by atoms with Gasteiger partial charge in [-0.05, 0) is 12.5 Å². The highest BCUT2D eigenvalue weighted by atomic mass is 16.6. The van der Waals surface area contributed by atoms with Gasteiger partial charge in [0.25, 0.3) is 0 Å². The molecule has 0 saturated heterocycles. The third kappa shape index (κ3) is 4.99. The van der Waals surface area contributed by atoms with Crippen molar-refractivity contribution in [2.75, 3.05) is 33.8 Å². The molecule has 0 bridgehead atoms. The van der Waals surface area contributed by atoms with Gasteiger partial charge in [-0.25, -0.2) is 4.79 Å². The van der Waals surface area contributed by atoms with Crippen LogP contribution in [0.15, 0.2) is 17.1 Å². The number of likely N-dealkylation sites (N-methyl/N-ethyl adjacent to an activating group) is 1. The fraction of sp³-hybridized carbons (Fsp3) is 0.583. The molecule has 0 spiro atoms. The van der Waals surface area contributed by atoms with Gasteiger partial charge in [0.2, 0.25) is 5.91 Å². The summed E-state index contributed by atoms with van der Waals surface area (Å²) in [5.41, 5.74) is 0. The van der Waals surface area contributed by atoms with Gasteiger partial charge in [0.15, 0.2) is 0 Å². The van der Waals surface area contributed by atoms with Gasteiger partial charge in [-0.1, -0.05) is 6.08 Å². The first kappa shape index (κ1) is 14.2. The first-order chi connectivity index (χ1) is 8.61. The molecule has 6 heteroatoms. The summed E-state index contributed by atoms with van der Waals surface area (Å²) in [6.07, 6.45) is 6.61. The summed E-state index contributed by atoms with van der Waals surface area (Å²) >= 11 is 0. The lowest BCUT2D eigenvalue weighted by Crippen LogP contribution is -2.25. The number of ether oxygens (including phenoxy) is 1. The average molecular weight is 253 g/mol. The Balaban J connectivity index is 0.000000180. The van der Waals surface area contributed by atoms with Crippen molar-refractivity contribution in [1.29, 1.82) is 0 Å². The van der Waals surface area contributed by atoms with E-state index in [1.54, 1.807) is 20.4 Å². The van der Waals surface area contributed by atoms with Crippen molar-refractivity contribution < 1.29 is 14.3 Å². The molecule has 2 rings (SSSR count). The fourth-order valence-electron chi connectivity index (χ4n) is 1.35. The van der Waals surface area contributed by atoms with Crippen molar-refractivity contribution in [3.8, 4) is 0 Å². The van der Waals surface area contributed by atoms with Gasteiger partial charge in [0.05, 0.1) is 6.34 Å². The van der Waals surface area contributed by atoms with Crippen molar-refractivity contribution >= 4 is 18.3 Å². The van der Waals surface area contributed by atoms with E-state index in [9.17, 15) is 9.59 Å². The molecule has 0 N–H and O–H groups in total. The summed E-state index contributed by atoms with van der Waals surface area (Å²) in [5.74, 6) is 0.163. The molecule has 0 aromatic carbocycles. The van der Waals surface area contributed by atoms with Crippen LogP contribution in [0.4, 0.5) is 4.79 Å². The Morgan fingerprint density at radius 3 is 2.83 bits per heavy atom. The van der Waals surface area contributed by atoms with Crippen molar-refractivity contribution in [2.45, 2.75) is 12.8 Å². The maximum atomic E-state index is 10.8. The van der Waals surface area contributed by atoms with Gasteiger partial charge in [-0.15, -0.1) is 0 Å². The Kier molecular flexibility index (Phi) is 5.90. The number of carbonyl (C=O) groups excluding carboxylic acids is 2. The minimum absolute atomic E-state index is 0.163. The first-order valence-corrected chi connectivity index (χ1v) is 5.89. The van der Waals surface area contributed by atoms with Crippen LogP contribution in [0, 0.1) is 0 Å². The molecule has 0 aromatic heterocycles. The van der Waals surface area contributed by atoms with Crippen LogP contribution in [-0.2, 0) is 9.53 Å². The van der Waals surface area contributed by atoms with E-state index in [4.69, 9.17) is 4.74 Å². The van der Waals surface area contributed by atoms with Gasteiger partial charge < -0.3 is 14.5 Å². The molecular formula is C12H19N3O3. The van der Waals surface area contributed by atoms with E-state index < -0.39 is 0 Å². The SMILES string of the molecule is CN1C=NCCCC1=O.CN1CC=CCOC1=O. The standard InChI is InChI=1S/C6H10N2O.C6H9NO2/c1-8-5-7-4-2-3-6(8)9;1-7-4-2-3-5-9-6(7)8/h5H,2-4H2,1H3;2-3H,4-5H2,1H3. The molecule has 2 amide bonds. The van der Waals surface area contributed by atoms with E-state index in [1.165, 1.54) is 9.80 Å². The summed E-state index contributed by atoms with van der Waals surface area (Å²) in [7, 11) is 3.44. The monoisotopic (exact) mass is 253 g/mol. The van der Waals surface area contributed by atoms with Crippen LogP contribution in [-0.4, -0.2) is 61.9 Å². The lowest BCUT2D eigenvalue weighted by molar-refractivity contribution is -0.126. The summed E-state index contributed by atoms with van der Waals surface area (Å²) in [6, 6.07) is 0. The summed E-state index contributed by atoms with van der Waals surface area (Å²) in [4.78, 5) is 28.6. The van der Waals surface area contributed by atoms with Gasteiger partial charge in [0, 0.05) is 33.6 Å². The average Bonchev–Trinajstić information content (AvgIpc) is 2.65. The molecule has 0 radical (unpaired) electrons. The van der Waals surface area contributed by atoms with E-state index in [-0.39, 0.29) is 12.0 Å². The number of cyclic esters (lactones) is 1. The van der Waals surface area contributed by atoms with E-state index >= 15 is 0 Å². The molecule has 0 unspecified atom stereocenters. The van der Waals surface area contributed by atoms with Crippen molar-refractivity contribution in [1.82, 2.24) is 9.80 Å². The molecule has 0 aliphatic carbocycles. The van der Waals surface area contributed by atoms with Crippen LogP contribution in [0.2, 0.25) is 0 Å². The van der Waals surface area contributed by atoms with E-state index in [0.717, 1.165) is 13.0 Å². The Hall–Kier alpha value is -1.85. The van der Waals surface area contributed by atoms with Gasteiger partial charge >= 0.3 is 6.09 Å². The molecule has 2 aliphatic heterocycles. The predicted molar refractivity (Wildman–Crippen MR) is 68.5 cm³/mol. The van der Waals surface area contributed by atoms with Crippen LogP contribution < -0.4 is 0 Å². The maximum Gasteiger partial charge on any atom is 0.410 e. The summed E-state index contributed by atoms with van der Waals surface area (Å²) < 4.78 is 4.72. The van der Waals surface area contributed by atoms with Gasteiger partial charge in [-0.2, -0.15) is 0 Å². The minimum atomic E-state index is -0.250. The van der Waals surface area contributed by atoms with E-state index in [2.05, 4.69) is 4.99 Å². The molecule has 2 heterocycles. The lowest BCUT2D eigenvalue weighted by atomic mass is 10.3. The second-order valence-corrected chi connectivity index (χ2v) is 4.06. The molecule has 0 saturated carbocycles. The molecule has 100 valence electrons. The quantitative estimate of drug-likeness (QED) is 0.602. The van der Waals surface area contributed by atoms with Crippen LogP contribution in [0.3, 0.4) is 0 Å². The normalized spacial score (nSPS) is 19.7. The Morgan fingerprint density at radius 1 is 1.28 bits per heavy atom. The number of hydrogen-bond acceptors (Lipinski definition) is 4. The molecular weight excluding hydrogens is 234 g/mol. The molecule has 6 nitrogen and oxygen atoms in total. The van der Waals surface area contributed by atoms with Gasteiger partial charge in [-0.3, -0.25) is 9.79 Å². The van der Waals surface area contributed by atoms with Crippen molar-refractivity contribution in [3.63, 3.8) is 0 Å². The number of rotatable bonds is 0. The summed E-state index contributed by atoms with van der Waals surface area (Å²) in [5, 5.41) is 0. The molecule has 0 atom stereocenters. The van der Waals surface area contributed by atoms with Crippen molar-refractivity contribution in [3.05, 3.63) is 12.2 Å². The van der Waals surface area contributed by atoms with Crippen molar-refractivity contribution in [2.24, 2.45) is 4.99 Å². The maximum absolute atomic E-state index is 10.8. The fourth-order valence-corrected chi connectivity index (χ4v) is 1.35. The zero-order valence-electron chi connectivity index (χ0n) is 10.8. The zero-order valence-corrected chi connectivity index (χ0v) is 10.8. The minimum Gasteiger partial charge on any atom is -0.445 e. The van der Waals surface area contributed by atoms with Crippen LogP contribution >= 0.6 is 0 Å². The number of nitrogens with zero attached hydrogens (tertiary/aromatic N) is 3.